The van der Waals surface area contributed by atoms with Crippen LogP contribution < -0.4 is 5.43 Å². The van der Waals surface area contributed by atoms with E-state index in [4.69, 9.17) is 9.15 Å². The molecule has 0 amide bonds. The van der Waals surface area contributed by atoms with Crippen molar-refractivity contribution in [2.75, 3.05) is 18.6 Å². The molecule has 0 aliphatic carbocycles. The second-order valence-electron chi connectivity index (χ2n) is 5.04. The number of aryl methyl sites for hydroxylation is 1. The first-order valence-corrected chi connectivity index (χ1v) is 7.63. The Bertz CT molecular complexity index is 557. The second-order valence-corrected chi connectivity index (χ2v) is 6.27. The maximum Gasteiger partial charge on any atom is 0.306 e. The summed E-state index contributed by atoms with van der Waals surface area (Å²) >= 11 is 1.79. The van der Waals surface area contributed by atoms with Crippen LogP contribution in [0.15, 0.2) is 15.3 Å². The van der Waals surface area contributed by atoms with Gasteiger partial charge in [-0.05, 0) is 31.3 Å². The van der Waals surface area contributed by atoms with Crippen molar-refractivity contribution >= 4 is 17.7 Å². The van der Waals surface area contributed by atoms with Gasteiger partial charge in [0.1, 0.15) is 5.76 Å². The number of rotatable bonds is 3. The van der Waals surface area contributed by atoms with Crippen molar-refractivity contribution in [3.05, 3.63) is 27.8 Å². The number of hydrogen-bond acceptors (Lipinski definition) is 6. The molecule has 0 saturated carbocycles. The molecule has 1 N–H and O–H groups in total. The van der Waals surface area contributed by atoms with Crippen LogP contribution >= 0.6 is 11.8 Å². The smallest absolute Gasteiger partial charge is 0.306 e. The van der Waals surface area contributed by atoms with Gasteiger partial charge in [0.05, 0.1) is 13.5 Å². The lowest BCUT2D eigenvalue weighted by Crippen LogP contribution is -2.35. The zero-order chi connectivity index (χ0) is 14.8. The second kappa shape index (κ2) is 5.91. The molecule has 5 nitrogen and oxygen atoms in total. The first kappa shape index (κ1) is 15.0. The van der Waals surface area contributed by atoms with Gasteiger partial charge in [0, 0.05) is 11.5 Å². The number of carbonyl (C=O) groups excluding carboxylic acids is 1. The van der Waals surface area contributed by atoms with Crippen LogP contribution in [-0.4, -0.2) is 29.7 Å². The van der Waals surface area contributed by atoms with Gasteiger partial charge in [-0.15, -0.1) is 0 Å². The van der Waals surface area contributed by atoms with Crippen LogP contribution in [0.3, 0.4) is 0 Å². The number of hydrogen-bond donors (Lipinski definition) is 1. The molecule has 1 fully saturated rings. The zero-order valence-corrected chi connectivity index (χ0v) is 12.4. The predicted molar refractivity (Wildman–Crippen MR) is 76.2 cm³/mol. The third-order valence-electron chi connectivity index (χ3n) is 3.69. The van der Waals surface area contributed by atoms with Crippen LogP contribution in [0.25, 0.3) is 0 Å². The number of esters is 1. The highest BCUT2D eigenvalue weighted by Gasteiger charge is 2.42. The molecule has 6 heteroatoms. The quantitative estimate of drug-likeness (QED) is 0.860. The van der Waals surface area contributed by atoms with E-state index in [0.717, 1.165) is 11.5 Å². The van der Waals surface area contributed by atoms with E-state index in [9.17, 15) is 14.7 Å². The lowest BCUT2D eigenvalue weighted by Gasteiger charge is -2.35. The number of ether oxygens (including phenoxy) is 1. The molecule has 1 aromatic rings. The lowest BCUT2D eigenvalue weighted by atomic mass is 9.76. The van der Waals surface area contributed by atoms with E-state index in [2.05, 4.69) is 0 Å². The van der Waals surface area contributed by atoms with Crippen molar-refractivity contribution in [2.24, 2.45) is 0 Å². The van der Waals surface area contributed by atoms with Gasteiger partial charge in [0.2, 0.25) is 11.2 Å². The SMILES string of the molecule is COC(=O)CC1(c2oc(C)cc(=O)c2O)CCSCC1. The molecule has 1 saturated heterocycles. The molecule has 1 aromatic heterocycles. The highest BCUT2D eigenvalue weighted by Crippen LogP contribution is 2.44. The Hall–Kier alpha value is -1.43. The standard InChI is InChI=1S/C14H18O5S/c1-9-7-10(15)12(17)13(19-9)14(8-11(16)18-2)3-5-20-6-4-14/h7,17H,3-6,8H2,1-2H3. The summed E-state index contributed by atoms with van der Waals surface area (Å²) < 4.78 is 10.4. The topological polar surface area (TPSA) is 76.7 Å². The summed E-state index contributed by atoms with van der Waals surface area (Å²) in [7, 11) is 1.33. The highest BCUT2D eigenvalue weighted by molar-refractivity contribution is 7.99. The van der Waals surface area contributed by atoms with Gasteiger partial charge in [-0.2, -0.15) is 11.8 Å². The normalized spacial score (nSPS) is 17.7. The number of aromatic hydroxyl groups is 1. The number of thioether (sulfide) groups is 1. The van der Waals surface area contributed by atoms with E-state index < -0.39 is 10.8 Å². The molecule has 110 valence electrons. The van der Waals surface area contributed by atoms with Crippen molar-refractivity contribution in [1.82, 2.24) is 0 Å². The maximum absolute atomic E-state index is 11.8. The average Bonchev–Trinajstić information content (AvgIpc) is 2.43. The molecule has 0 atom stereocenters. The minimum absolute atomic E-state index is 0.115. The van der Waals surface area contributed by atoms with Gasteiger partial charge in [0.15, 0.2) is 5.76 Å². The van der Waals surface area contributed by atoms with Crippen LogP contribution in [0.4, 0.5) is 0 Å². The Morgan fingerprint density at radius 1 is 1.50 bits per heavy atom. The van der Waals surface area contributed by atoms with Gasteiger partial charge in [-0.3, -0.25) is 9.59 Å². The molecule has 2 rings (SSSR count). The van der Waals surface area contributed by atoms with E-state index in [-0.39, 0.29) is 23.9 Å². The molecule has 0 bridgehead atoms. The van der Waals surface area contributed by atoms with Gasteiger partial charge < -0.3 is 14.3 Å². The Labute approximate surface area is 121 Å². The summed E-state index contributed by atoms with van der Waals surface area (Å²) in [5, 5.41) is 10.1. The van der Waals surface area contributed by atoms with E-state index in [0.29, 0.717) is 18.6 Å². The van der Waals surface area contributed by atoms with Gasteiger partial charge in [0.25, 0.3) is 0 Å². The summed E-state index contributed by atoms with van der Waals surface area (Å²) in [4.78, 5) is 23.5. The van der Waals surface area contributed by atoms with E-state index in [1.807, 2.05) is 0 Å². The van der Waals surface area contributed by atoms with Crippen LogP contribution in [0.5, 0.6) is 5.75 Å². The molecular formula is C14H18O5S. The Balaban J connectivity index is 2.51. The highest BCUT2D eigenvalue weighted by atomic mass is 32.2. The van der Waals surface area contributed by atoms with Crippen molar-refractivity contribution in [3.63, 3.8) is 0 Å². The Morgan fingerprint density at radius 3 is 2.75 bits per heavy atom. The molecule has 1 aliphatic heterocycles. The number of methoxy groups -OCH3 is 1. The van der Waals surface area contributed by atoms with Crippen LogP contribution in [0, 0.1) is 6.92 Å². The first-order chi connectivity index (χ1) is 9.48. The van der Waals surface area contributed by atoms with Crippen molar-refractivity contribution < 1.29 is 19.1 Å². The van der Waals surface area contributed by atoms with Crippen molar-refractivity contribution in [1.29, 1.82) is 0 Å². The largest absolute Gasteiger partial charge is 0.502 e. The monoisotopic (exact) mass is 298 g/mol. The van der Waals surface area contributed by atoms with Crippen molar-refractivity contribution in [3.8, 4) is 5.75 Å². The van der Waals surface area contributed by atoms with Gasteiger partial charge in [-0.1, -0.05) is 0 Å². The average molecular weight is 298 g/mol. The molecule has 0 spiro atoms. The Morgan fingerprint density at radius 2 is 2.15 bits per heavy atom. The lowest BCUT2D eigenvalue weighted by molar-refractivity contribution is -0.142. The molecule has 2 heterocycles. The molecule has 0 radical (unpaired) electrons. The van der Waals surface area contributed by atoms with Gasteiger partial charge >= 0.3 is 5.97 Å². The summed E-state index contributed by atoms with van der Waals surface area (Å²) in [6, 6.07) is 1.25. The van der Waals surface area contributed by atoms with Gasteiger partial charge in [-0.25, -0.2) is 0 Å². The fourth-order valence-electron chi connectivity index (χ4n) is 2.56. The third kappa shape index (κ3) is 2.85. The fraction of sp³-hybridized carbons (Fsp3) is 0.571. The summed E-state index contributed by atoms with van der Waals surface area (Å²) in [5.74, 6) is 1.63. The Kier molecular flexibility index (Phi) is 4.42. The molecule has 0 aromatic carbocycles. The first-order valence-electron chi connectivity index (χ1n) is 6.47. The van der Waals surface area contributed by atoms with Crippen molar-refractivity contribution in [2.45, 2.75) is 31.6 Å². The fourth-order valence-corrected chi connectivity index (χ4v) is 3.83. The van der Waals surface area contributed by atoms with Crippen LogP contribution in [0.1, 0.15) is 30.8 Å². The van der Waals surface area contributed by atoms with E-state index in [1.165, 1.54) is 13.2 Å². The number of carbonyl (C=O) groups is 1. The van der Waals surface area contributed by atoms with Crippen LogP contribution in [-0.2, 0) is 14.9 Å². The minimum Gasteiger partial charge on any atom is -0.502 e. The third-order valence-corrected chi connectivity index (χ3v) is 4.67. The summed E-state index contributed by atoms with van der Waals surface area (Å²) in [5.41, 5.74) is -1.11. The minimum atomic E-state index is -0.645. The summed E-state index contributed by atoms with van der Waals surface area (Å²) in [6.07, 6.45) is 1.46. The molecule has 1 aliphatic rings. The molecular weight excluding hydrogens is 280 g/mol. The molecule has 20 heavy (non-hydrogen) atoms. The summed E-state index contributed by atoms with van der Waals surface area (Å²) in [6.45, 7) is 1.66. The predicted octanol–water partition coefficient (Wildman–Crippen LogP) is 1.98. The van der Waals surface area contributed by atoms with Crippen LogP contribution in [0.2, 0.25) is 0 Å². The maximum atomic E-state index is 11.8. The van der Waals surface area contributed by atoms with E-state index in [1.54, 1.807) is 18.7 Å². The zero-order valence-electron chi connectivity index (χ0n) is 11.6. The molecule has 0 unspecified atom stereocenters. The van der Waals surface area contributed by atoms with E-state index >= 15 is 0 Å².